The Morgan fingerprint density at radius 2 is 2.14 bits per heavy atom. The first-order chi connectivity index (χ1) is 10.1. The van der Waals surface area contributed by atoms with Crippen LogP contribution in [0.2, 0.25) is 0 Å². The van der Waals surface area contributed by atoms with Crippen LogP contribution >= 0.6 is 11.8 Å². The summed E-state index contributed by atoms with van der Waals surface area (Å²) >= 11 is 1.61. The van der Waals surface area contributed by atoms with Gasteiger partial charge in [0.1, 0.15) is 17.1 Å². The number of fused-ring (bicyclic) bond motifs is 1. The summed E-state index contributed by atoms with van der Waals surface area (Å²) in [4.78, 5) is 24.9. The molecular formula is C15H16N2O3S. The largest absolute Gasteiger partial charge is 0.477 e. The van der Waals surface area contributed by atoms with Gasteiger partial charge in [-0.1, -0.05) is 30.3 Å². The molecule has 1 aromatic carbocycles. The van der Waals surface area contributed by atoms with Gasteiger partial charge in [-0.05, 0) is 18.1 Å². The fraction of sp³-hybridized carbons (Fsp3) is 0.333. The number of nitrogens with zero attached hydrogens (tertiary/aromatic N) is 1. The Labute approximate surface area is 127 Å². The van der Waals surface area contributed by atoms with E-state index in [9.17, 15) is 14.7 Å². The lowest BCUT2D eigenvalue weighted by Crippen LogP contribution is -2.69. The second-order valence-corrected chi connectivity index (χ2v) is 6.29. The number of nitrogens with one attached hydrogen (secondary N) is 1. The highest BCUT2D eigenvalue weighted by atomic mass is 32.2. The van der Waals surface area contributed by atoms with Crippen molar-refractivity contribution in [3.8, 4) is 0 Å². The van der Waals surface area contributed by atoms with Gasteiger partial charge in [0, 0.05) is 12.3 Å². The molecule has 21 heavy (non-hydrogen) atoms. The van der Waals surface area contributed by atoms with Crippen LogP contribution in [-0.2, 0) is 16.1 Å². The summed E-state index contributed by atoms with van der Waals surface area (Å²) in [7, 11) is 0. The van der Waals surface area contributed by atoms with E-state index in [0.717, 1.165) is 11.1 Å². The lowest BCUT2D eigenvalue weighted by molar-refractivity contribution is -0.149. The first-order valence-corrected chi connectivity index (χ1v) is 7.79. The number of carbonyl (C=O) groups is 2. The van der Waals surface area contributed by atoms with Gasteiger partial charge >= 0.3 is 5.97 Å². The van der Waals surface area contributed by atoms with Gasteiger partial charge in [0.05, 0.1) is 0 Å². The van der Waals surface area contributed by atoms with Gasteiger partial charge in [-0.25, -0.2) is 4.79 Å². The van der Waals surface area contributed by atoms with E-state index < -0.39 is 5.97 Å². The van der Waals surface area contributed by atoms with E-state index in [-0.39, 0.29) is 23.0 Å². The topological polar surface area (TPSA) is 69.6 Å². The van der Waals surface area contributed by atoms with Gasteiger partial charge in [0.15, 0.2) is 0 Å². The van der Waals surface area contributed by atoms with Crippen LogP contribution in [0.1, 0.15) is 12.5 Å². The third-order valence-electron chi connectivity index (χ3n) is 3.73. The Morgan fingerprint density at radius 1 is 1.43 bits per heavy atom. The zero-order chi connectivity index (χ0) is 15.0. The predicted octanol–water partition coefficient (Wildman–Crippen LogP) is 1.42. The fourth-order valence-electron chi connectivity index (χ4n) is 2.65. The quantitative estimate of drug-likeness (QED) is 0.823. The van der Waals surface area contributed by atoms with Crippen molar-refractivity contribution >= 4 is 23.6 Å². The molecule has 0 aromatic heterocycles. The molecule has 1 aromatic rings. The third-order valence-corrected chi connectivity index (χ3v) is 5.15. The third kappa shape index (κ3) is 2.45. The molecule has 0 aliphatic carbocycles. The summed E-state index contributed by atoms with van der Waals surface area (Å²) in [5.74, 6) is -0.521. The number of carbonyl (C=O) groups excluding carboxylic acids is 1. The number of benzene rings is 1. The van der Waals surface area contributed by atoms with Crippen LogP contribution in [-0.4, -0.2) is 39.1 Å². The molecule has 5 nitrogen and oxygen atoms in total. The van der Waals surface area contributed by atoms with E-state index in [1.165, 1.54) is 4.90 Å². The van der Waals surface area contributed by atoms with Crippen molar-refractivity contribution in [1.82, 2.24) is 10.2 Å². The van der Waals surface area contributed by atoms with Gasteiger partial charge in [0.25, 0.3) is 0 Å². The molecule has 2 N–H and O–H groups in total. The van der Waals surface area contributed by atoms with Crippen LogP contribution in [0.15, 0.2) is 41.6 Å². The average molecular weight is 304 g/mol. The average Bonchev–Trinajstić information content (AvgIpc) is 2.48. The molecule has 1 unspecified atom stereocenters. The molecule has 2 heterocycles. The number of amides is 1. The normalized spacial score (nSPS) is 24.6. The van der Waals surface area contributed by atoms with Gasteiger partial charge < -0.3 is 5.11 Å². The molecule has 0 spiro atoms. The van der Waals surface area contributed by atoms with Crippen molar-refractivity contribution in [2.75, 3.05) is 5.75 Å². The standard InChI is InChI=1S/C15H16N2O3S/c1-9-8-21-14-11(13(18)17(14)12(9)15(19)20)16-7-10-5-3-2-4-6-10/h2-6,11,14,16H,7-8H2,1H3,(H,19,20)/t11?,14-/m0/s1. The Hall–Kier alpha value is -1.79. The highest BCUT2D eigenvalue weighted by Gasteiger charge is 2.52. The van der Waals surface area contributed by atoms with Crippen LogP contribution < -0.4 is 5.32 Å². The summed E-state index contributed by atoms with van der Waals surface area (Å²) < 4.78 is 0. The number of carboxylic acid groups (broad SMARTS) is 1. The number of carboxylic acids is 1. The molecule has 1 amide bonds. The van der Waals surface area contributed by atoms with Crippen molar-refractivity contribution in [3.05, 3.63) is 47.2 Å². The van der Waals surface area contributed by atoms with E-state index in [0.29, 0.717) is 12.3 Å². The number of aliphatic carboxylic acids is 1. The van der Waals surface area contributed by atoms with Gasteiger partial charge in [0.2, 0.25) is 5.91 Å². The van der Waals surface area contributed by atoms with E-state index >= 15 is 0 Å². The Balaban J connectivity index is 1.69. The fourth-order valence-corrected chi connectivity index (χ4v) is 3.98. The highest BCUT2D eigenvalue weighted by molar-refractivity contribution is 8.00. The first kappa shape index (κ1) is 14.2. The SMILES string of the molecule is CC1=C(C(=O)O)N2C(=O)C(NCc3ccccc3)[C@@H]2SC1. The summed E-state index contributed by atoms with van der Waals surface area (Å²) in [5, 5.41) is 12.4. The molecule has 6 heteroatoms. The van der Waals surface area contributed by atoms with E-state index in [1.54, 1.807) is 18.7 Å². The lowest BCUT2D eigenvalue weighted by atomic mass is 10.0. The molecule has 3 rings (SSSR count). The van der Waals surface area contributed by atoms with Crippen LogP contribution in [0.4, 0.5) is 0 Å². The smallest absolute Gasteiger partial charge is 0.352 e. The van der Waals surface area contributed by atoms with Crippen molar-refractivity contribution in [3.63, 3.8) is 0 Å². The minimum Gasteiger partial charge on any atom is -0.477 e. The second kappa shape index (κ2) is 5.54. The van der Waals surface area contributed by atoms with E-state index in [2.05, 4.69) is 5.32 Å². The van der Waals surface area contributed by atoms with Crippen molar-refractivity contribution in [2.24, 2.45) is 0 Å². The number of hydrogen-bond donors (Lipinski definition) is 2. The summed E-state index contributed by atoms with van der Waals surface area (Å²) in [6, 6.07) is 9.54. The maximum Gasteiger partial charge on any atom is 0.352 e. The van der Waals surface area contributed by atoms with Crippen molar-refractivity contribution in [1.29, 1.82) is 0 Å². The molecule has 2 aliphatic rings. The number of β-lactam (4-membered cyclic amide) rings is 1. The molecule has 0 radical (unpaired) electrons. The molecule has 0 bridgehead atoms. The predicted molar refractivity (Wildman–Crippen MR) is 80.5 cm³/mol. The van der Waals surface area contributed by atoms with Gasteiger partial charge in [-0.3, -0.25) is 15.0 Å². The minimum absolute atomic E-state index is 0.115. The maximum absolute atomic E-state index is 12.2. The molecule has 1 saturated heterocycles. The van der Waals surface area contributed by atoms with Gasteiger partial charge in [-0.15, -0.1) is 11.8 Å². The molecule has 2 atom stereocenters. The minimum atomic E-state index is -1.02. The van der Waals surface area contributed by atoms with Crippen LogP contribution in [0.25, 0.3) is 0 Å². The lowest BCUT2D eigenvalue weighted by Gasteiger charge is -2.49. The first-order valence-electron chi connectivity index (χ1n) is 6.74. The van der Waals surface area contributed by atoms with Crippen molar-refractivity contribution in [2.45, 2.75) is 24.9 Å². The summed E-state index contributed by atoms with van der Waals surface area (Å²) in [6.45, 7) is 2.37. The molecular weight excluding hydrogens is 288 g/mol. The Bertz CT molecular complexity index is 615. The summed E-state index contributed by atoms with van der Waals surface area (Å²) in [5.41, 5.74) is 2.01. The maximum atomic E-state index is 12.2. The van der Waals surface area contributed by atoms with E-state index in [1.807, 2.05) is 30.3 Å². The van der Waals surface area contributed by atoms with Crippen LogP contribution in [0, 0.1) is 0 Å². The second-order valence-electron chi connectivity index (χ2n) is 5.19. The number of hydrogen-bond acceptors (Lipinski definition) is 4. The number of thioether (sulfide) groups is 1. The highest BCUT2D eigenvalue weighted by Crippen LogP contribution is 2.40. The molecule has 2 aliphatic heterocycles. The zero-order valence-corrected chi connectivity index (χ0v) is 12.4. The molecule has 1 fully saturated rings. The summed E-state index contributed by atoms with van der Waals surface area (Å²) in [6.07, 6.45) is 0. The van der Waals surface area contributed by atoms with Crippen LogP contribution in [0.5, 0.6) is 0 Å². The number of rotatable bonds is 4. The monoisotopic (exact) mass is 304 g/mol. The molecule has 0 saturated carbocycles. The Kier molecular flexibility index (Phi) is 3.73. The molecule has 110 valence electrons. The van der Waals surface area contributed by atoms with Crippen molar-refractivity contribution < 1.29 is 14.7 Å². The van der Waals surface area contributed by atoms with E-state index in [4.69, 9.17) is 0 Å². The van der Waals surface area contributed by atoms with Gasteiger partial charge in [-0.2, -0.15) is 0 Å². The van der Waals surface area contributed by atoms with Crippen LogP contribution in [0.3, 0.4) is 0 Å². The Morgan fingerprint density at radius 3 is 2.81 bits per heavy atom. The zero-order valence-electron chi connectivity index (χ0n) is 11.6.